The molecular formula is C22H23F5O. The van der Waals surface area contributed by atoms with Gasteiger partial charge in [0.05, 0.1) is 0 Å². The van der Waals surface area contributed by atoms with Gasteiger partial charge in [0.1, 0.15) is 0 Å². The third-order valence-corrected chi connectivity index (χ3v) is 5.48. The molecular weight excluding hydrogens is 375 g/mol. The van der Waals surface area contributed by atoms with E-state index in [1.165, 1.54) is 25.7 Å². The number of ether oxygens (including phenoxy) is 1. The van der Waals surface area contributed by atoms with Crippen LogP contribution in [-0.4, -0.2) is 6.36 Å². The smallest absolute Gasteiger partial charge is 0.399 e. The van der Waals surface area contributed by atoms with Crippen molar-refractivity contribution in [3.63, 3.8) is 0 Å². The molecule has 3 rings (SSSR count). The fourth-order valence-electron chi connectivity index (χ4n) is 3.79. The second-order valence-electron chi connectivity index (χ2n) is 7.68. The van der Waals surface area contributed by atoms with Gasteiger partial charge in [-0.1, -0.05) is 56.9 Å². The lowest BCUT2D eigenvalue weighted by atomic mass is 9.80. The Labute approximate surface area is 161 Å². The summed E-state index contributed by atoms with van der Waals surface area (Å²) in [6.07, 6.45) is 2.03. The summed E-state index contributed by atoms with van der Waals surface area (Å²) in [4.78, 5) is 0. The van der Waals surface area contributed by atoms with Gasteiger partial charge in [0.2, 0.25) is 5.75 Å². The zero-order chi connectivity index (χ0) is 20.3. The number of alkyl halides is 3. The highest BCUT2D eigenvalue weighted by atomic mass is 19.4. The molecule has 0 amide bonds. The summed E-state index contributed by atoms with van der Waals surface area (Å²) in [5.41, 5.74) is 1.84. The van der Waals surface area contributed by atoms with Crippen molar-refractivity contribution in [3.05, 3.63) is 53.6 Å². The van der Waals surface area contributed by atoms with Gasteiger partial charge in [0.15, 0.2) is 11.6 Å². The molecule has 0 unspecified atom stereocenters. The maximum atomic E-state index is 13.9. The predicted octanol–water partition coefficient (Wildman–Crippen LogP) is 7.29. The number of hydrogen-bond acceptors (Lipinski definition) is 1. The summed E-state index contributed by atoms with van der Waals surface area (Å²) in [5.74, 6) is -2.63. The van der Waals surface area contributed by atoms with Crippen LogP contribution in [0.4, 0.5) is 22.0 Å². The van der Waals surface area contributed by atoms with Crippen LogP contribution >= 0.6 is 0 Å². The van der Waals surface area contributed by atoms with Gasteiger partial charge in [0.25, 0.3) is 0 Å². The number of hydrogen-bond donors (Lipinski definition) is 0. The van der Waals surface area contributed by atoms with Crippen molar-refractivity contribution in [2.45, 2.75) is 51.8 Å². The molecule has 1 fully saturated rings. The van der Waals surface area contributed by atoms with Gasteiger partial charge in [-0.25, -0.2) is 8.78 Å². The number of halogens is 5. The van der Waals surface area contributed by atoms with Crippen LogP contribution in [0.1, 0.15) is 44.6 Å². The topological polar surface area (TPSA) is 9.23 Å². The number of benzene rings is 2. The highest BCUT2D eigenvalue weighted by Gasteiger charge is 2.34. The Morgan fingerprint density at radius 1 is 0.893 bits per heavy atom. The van der Waals surface area contributed by atoms with Crippen LogP contribution in [0.3, 0.4) is 0 Å². The van der Waals surface area contributed by atoms with Crippen molar-refractivity contribution in [3.8, 4) is 16.9 Å². The van der Waals surface area contributed by atoms with E-state index < -0.39 is 23.7 Å². The van der Waals surface area contributed by atoms with Gasteiger partial charge in [-0.3, -0.25) is 0 Å². The minimum absolute atomic E-state index is 0.164. The average molecular weight is 398 g/mol. The molecule has 2 aromatic rings. The van der Waals surface area contributed by atoms with E-state index >= 15 is 0 Å². The van der Waals surface area contributed by atoms with Gasteiger partial charge in [-0.05, 0) is 53.5 Å². The fourth-order valence-corrected chi connectivity index (χ4v) is 3.79. The second-order valence-corrected chi connectivity index (χ2v) is 7.68. The molecule has 28 heavy (non-hydrogen) atoms. The molecule has 0 aliphatic heterocycles. The van der Waals surface area contributed by atoms with Crippen LogP contribution in [-0.2, 0) is 6.42 Å². The van der Waals surface area contributed by atoms with E-state index in [1.54, 1.807) is 12.1 Å². The molecule has 0 bridgehead atoms. The molecule has 0 spiro atoms. The quantitative estimate of drug-likeness (QED) is 0.481. The number of rotatable bonds is 5. The van der Waals surface area contributed by atoms with Crippen LogP contribution in [0, 0.1) is 23.5 Å². The third kappa shape index (κ3) is 5.46. The molecule has 1 saturated carbocycles. The minimum atomic E-state index is -5.15. The molecule has 0 aromatic heterocycles. The lowest BCUT2D eigenvalue weighted by Crippen LogP contribution is -2.19. The van der Waals surface area contributed by atoms with Gasteiger partial charge in [-0.15, -0.1) is 13.2 Å². The van der Waals surface area contributed by atoms with Crippen LogP contribution < -0.4 is 4.74 Å². The van der Waals surface area contributed by atoms with Crippen molar-refractivity contribution >= 4 is 0 Å². The first kappa shape index (κ1) is 20.6. The van der Waals surface area contributed by atoms with E-state index in [0.29, 0.717) is 5.56 Å². The predicted molar refractivity (Wildman–Crippen MR) is 97.9 cm³/mol. The molecule has 152 valence electrons. The van der Waals surface area contributed by atoms with Crippen molar-refractivity contribution in [2.24, 2.45) is 11.8 Å². The third-order valence-electron chi connectivity index (χ3n) is 5.48. The fraction of sp³-hybridized carbons (Fsp3) is 0.455. The zero-order valence-electron chi connectivity index (χ0n) is 15.7. The first-order chi connectivity index (χ1) is 13.2. The molecule has 0 N–H and O–H groups in total. The maximum Gasteiger partial charge on any atom is 0.573 e. The Hall–Kier alpha value is -2.11. The molecule has 1 aliphatic rings. The molecule has 0 atom stereocenters. The van der Waals surface area contributed by atoms with E-state index in [-0.39, 0.29) is 5.56 Å². The van der Waals surface area contributed by atoms with Gasteiger partial charge in [-0.2, -0.15) is 0 Å². The first-order valence-electron chi connectivity index (χ1n) is 9.55. The van der Waals surface area contributed by atoms with Crippen molar-refractivity contribution in [1.82, 2.24) is 0 Å². The Bertz CT molecular complexity index is 767. The monoisotopic (exact) mass is 398 g/mol. The van der Waals surface area contributed by atoms with Crippen LogP contribution in [0.5, 0.6) is 5.75 Å². The van der Waals surface area contributed by atoms with Crippen molar-refractivity contribution in [2.75, 3.05) is 0 Å². The lowest BCUT2D eigenvalue weighted by molar-refractivity contribution is -0.276. The normalized spacial score (nSPS) is 20.2. The molecule has 0 saturated heterocycles. The van der Waals surface area contributed by atoms with Gasteiger partial charge in [0, 0.05) is 0 Å². The molecule has 0 heterocycles. The largest absolute Gasteiger partial charge is 0.573 e. The van der Waals surface area contributed by atoms with Gasteiger partial charge < -0.3 is 4.74 Å². The minimum Gasteiger partial charge on any atom is -0.399 e. The molecule has 1 aliphatic carbocycles. The zero-order valence-corrected chi connectivity index (χ0v) is 15.7. The van der Waals surface area contributed by atoms with Crippen LogP contribution in [0.25, 0.3) is 11.1 Å². The molecule has 6 heteroatoms. The Morgan fingerprint density at radius 3 is 2.00 bits per heavy atom. The van der Waals surface area contributed by atoms with E-state index in [2.05, 4.69) is 11.7 Å². The summed E-state index contributed by atoms with van der Waals surface area (Å²) >= 11 is 0. The van der Waals surface area contributed by atoms with Crippen molar-refractivity contribution in [1.29, 1.82) is 0 Å². The van der Waals surface area contributed by atoms with Crippen molar-refractivity contribution < 1.29 is 26.7 Å². The molecule has 1 nitrogen and oxygen atoms in total. The summed E-state index contributed by atoms with van der Waals surface area (Å²) < 4.78 is 67.9. The van der Waals surface area contributed by atoms with Gasteiger partial charge >= 0.3 is 6.36 Å². The first-order valence-corrected chi connectivity index (χ1v) is 9.55. The second kappa shape index (κ2) is 8.50. The highest BCUT2D eigenvalue weighted by molar-refractivity contribution is 5.65. The maximum absolute atomic E-state index is 13.9. The average Bonchev–Trinajstić information content (AvgIpc) is 2.64. The summed E-state index contributed by atoms with van der Waals surface area (Å²) in [6, 6.07) is 8.96. The van der Waals surface area contributed by atoms with Crippen LogP contribution in [0.15, 0.2) is 36.4 Å². The molecule has 0 radical (unpaired) electrons. The Kier molecular flexibility index (Phi) is 6.26. The Morgan fingerprint density at radius 2 is 1.46 bits per heavy atom. The summed E-state index contributed by atoms with van der Waals surface area (Å²) in [5, 5.41) is 0. The number of aryl methyl sites for hydroxylation is 1. The van der Waals surface area contributed by atoms with Crippen LogP contribution in [0.2, 0.25) is 0 Å². The summed E-state index contributed by atoms with van der Waals surface area (Å²) in [6.45, 7) is 2.29. The van der Waals surface area contributed by atoms with E-state index in [1.807, 2.05) is 12.1 Å². The highest BCUT2D eigenvalue weighted by Crippen LogP contribution is 2.33. The molecule has 2 aromatic carbocycles. The lowest BCUT2D eigenvalue weighted by Gasteiger charge is -2.26. The van der Waals surface area contributed by atoms with E-state index in [0.717, 1.165) is 42.4 Å². The Balaban J connectivity index is 1.66. The van der Waals surface area contributed by atoms with E-state index in [9.17, 15) is 22.0 Å². The standard InChI is InChI=1S/C22H23F5O/c1-14-2-4-15(5-3-14)6-7-16-8-10-17(11-9-16)18-12-19(23)21(20(24)13-18)28-22(25,26)27/h8-15H,2-7H2,1H3. The summed E-state index contributed by atoms with van der Waals surface area (Å²) in [7, 11) is 0. The SMILES string of the molecule is CC1CCC(CCc2ccc(-c3cc(F)c(OC(F)(F)F)c(F)c3)cc2)CC1. The van der Waals surface area contributed by atoms with E-state index in [4.69, 9.17) is 0 Å².